The van der Waals surface area contributed by atoms with Crippen molar-refractivity contribution in [2.45, 2.75) is 12.5 Å². The maximum Gasteiger partial charge on any atom is 0.118 e. The molecule has 124 valence electrons. The van der Waals surface area contributed by atoms with Gasteiger partial charge in [-0.3, -0.25) is 4.99 Å². The number of hydrogen-bond donors (Lipinski definition) is 1. The van der Waals surface area contributed by atoms with Crippen LogP contribution in [0.5, 0.6) is 5.75 Å². The Morgan fingerprint density at radius 3 is 2.36 bits per heavy atom. The van der Waals surface area contributed by atoms with E-state index in [1.165, 1.54) is 11.1 Å². The lowest BCUT2D eigenvalue weighted by Gasteiger charge is -2.19. The lowest BCUT2D eigenvalue weighted by Crippen LogP contribution is -2.14. The van der Waals surface area contributed by atoms with Crippen LogP contribution in [0.1, 0.15) is 23.6 Å². The van der Waals surface area contributed by atoms with Crippen LogP contribution >= 0.6 is 0 Å². The minimum atomic E-state index is 0.161. The van der Waals surface area contributed by atoms with E-state index in [-0.39, 0.29) is 6.04 Å². The predicted octanol–water partition coefficient (Wildman–Crippen LogP) is 5.37. The van der Waals surface area contributed by atoms with Gasteiger partial charge in [0.15, 0.2) is 0 Å². The first kappa shape index (κ1) is 15.5. The van der Waals surface area contributed by atoms with Crippen molar-refractivity contribution in [1.29, 1.82) is 0 Å². The van der Waals surface area contributed by atoms with Crippen molar-refractivity contribution in [3.63, 3.8) is 0 Å². The van der Waals surface area contributed by atoms with E-state index < -0.39 is 0 Å². The van der Waals surface area contributed by atoms with E-state index in [1.807, 2.05) is 30.3 Å². The summed E-state index contributed by atoms with van der Waals surface area (Å²) in [6, 6.07) is 27.0. The summed E-state index contributed by atoms with van der Waals surface area (Å²) < 4.78 is 5.28. The molecule has 3 aromatic carbocycles. The van der Waals surface area contributed by atoms with E-state index in [0.717, 1.165) is 29.3 Å². The quantitative estimate of drug-likeness (QED) is 0.701. The lowest BCUT2D eigenvalue weighted by molar-refractivity contribution is 0.414. The van der Waals surface area contributed by atoms with E-state index in [4.69, 9.17) is 9.73 Å². The van der Waals surface area contributed by atoms with Crippen LogP contribution in [0, 0.1) is 0 Å². The molecule has 0 amide bonds. The molecule has 0 radical (unpaired) electrons. The zero-order chi connectivity index (χ0) is 17.1. The van der Waals surface area contributed by atoms with Crippen LogP contribution in [0.4, 0.5) is 11.4 Å². The molecular weight excluding hydrogens is 308 g/mol. The summed E-state index contributed by atoms with van der Waals surface area (Å²) in [4.78, 5) is 4.95. The maximum absolute atomic E-state index is 5.28. The number of nitrogens with one attached hydrogen (secondary N) is 1. The zero-order valence-electron chi connectivity index (χ0n) is 14.1. The molecule has 0 saturated carbocycles. The fourth-order valence-corrected chi connectivity index (χ4v) is 3.17. The summed E-state index contributed by atoms with van der Waals surface area (Å²) in [5.41, 5.74) is 5.53. The van der Waals surface area contributed by atoms with Crippen molar-refractivity contribution < 1.29 is 4.74 Å². The lowest BCUT2D eigenvalue weighted by atomic mass is 9.97. The molecule has 0 fully saturated rings. The molecule has 1 heterocycles. The van der Waals surface area contributed by atoms with Gasteiger partial charge in [-0.25, -0.2) is 0 Å². The van der Waals surface area contributed by atoms with Gasteiger partial charge >= 0.3 is 0 Å². The fraction of sp³-hybridized carbons (Fsp3) is 0.136. The molecule has 1 atom stereocenters. The van der Waals surface area contributed by atoms with Gasteiger partial charge in [0.1, 0.15) is 5.75 Å². The Balaban J connectivity index is 1.76. The summed E-state index contributed by atoms with van der Waals surface area (Å²) in [5.74, 6) is 0.870. The molecule has 3 aromatic rings. The second-order valence-corrected chi connectivity index (χ2v) is 6.12. The molecule has 4 rings (SSSR count). The highest BCUT2D eigenvalue weighted by Gasteiger charge is 2.20. The second-order valence-electron chi connectivity index (χ2n) is 6.12. The third-order valence-corrected chi connectivity index (χ3v) is 4.51. The number of methoxy groups -OCH3 is 1. The van der Waals surface area contributed by atoms with Gasteiger partial charge in [-0.05, 0) is 35.4 Å². The number of nitrogens with zero attached hydrogens (tertiary/aromatic N) is 1. The average molecular weight is 328 g/mol. The Morgan fingerprint density at radius 2 is 1.60 bits per heavy atom. The molecule has 1 aliphatic rings. The maximum atomic E-state index is 5.28. The molecule has 0 spiro atoms. The first-order valence-electron chi connectivity index (χ1n) is 8.46. The van der Waals surface area contributed by atoms with Gasteiger partial charge in [-0.2, -0.15) is 0 Å². The number of ether oxygens (including phenoxy) is 1. The fourth-order valence-electron chi connectivity index (χ4n) is 3.17. The molecule has 0 saturated heterocycles. The van der Waals surface area contributed by atoms with Crippen molar-refractivity contribution in [2.24, 2.45) is 4.99 Å². The van der Waals surface area contributed by atoms with E-state index in [9.17, 15) is 0 Å². The van der Waals surface area contributed by atoms with E-state index in [2.05, 4.69) is 53.8 Å². The summed E-state index contributed by atoms with van der Waals surface area (Å²) in [6.07, 6.45) is 0.824. The Labute approximate surface area is 148 Å². The summed E-state index contributed by atoms with van der Waals surface area (Å²) in [7, 11) is 1.69. The van der Waals surface area contributed by atoms with Crippen molar-refractivity contribution in [2.75, 3.05) is 12.4 Å². The number of fused-ring (bicyclic) bond motifs is 1. The highest BCUT2D eigenvalue weighted by atomic mass is 16.5. The third kappa shape index (κ3) is 3.26. The number of benzene rings is 3. The number of anilines is 1. The highest BCUT2D eigenvalue weighted by molar-refractivity contribution is 6.04. The van der Waals surface area contributed by atoms with E-state index in [0.29, 0.717) is 0 Å². The number of aliphatic imine (C=N–C) groups is 1. The first-order chi connectivity index (χ1) is 12.3. The van der Waals surface area contributed by atoms with Gasteiger partial charge in [0, 0.05) is 6.42 Å². The first-order valence-corrected chi connectivity index (χ1v) is 8.46. The Hall–Kier alpha value is -3.07. The Kier molecular flexibility index (Phi) is 4.21. The molecule has 1 aliphatic heterocycles. The van der Waals surface area contributed by atoms with Crippen LogP contribution in [0.3, 0.4) is 0 Å². The normalized spacial score (nSPS) is 16.2. The summed E-state index contributed by atoms with van der Waals surface area (Å²) in [6.45, 7) is 0. The minimum Gasteiger partial charge on any atom is -0.497 e. The second kappa shape index (κ2) is 6.81. The van der Waals surface area contributed by atoms with Crippen LogP contribution in [0.15, 0.2) is 83.9 Å². The van der Waals surface area contributed by atoms with E-state index in [1.54, 1.807) is 7.11 Å². The standard InChI is InChI=1S/C22H20N2O/c1-25-18-13-11-17(12-14-18)22-15-21(16-7-3-2-4-8-16)23-19-9-5-6-10-20(19)24-22/h2-14,22,24H,15H2,1H3. The smallest absolute Gasteiger partial charge is 0.118 e. The zero-order valence-corrected chi connectivity index (χ0v) is 14.1. The molecular formula is C22H20N2O. The number of hydrogen-bond acceptors (Lipinski definition) is 3. The minimum absolute atomic E-state index is 0.161. The molecule has 1 unspecified atom stereocenters. The van der Waals surface area contributed by atoms with Crippen LogP contribution in [0.25, 0.3) is 0 Å². The Morgan fingerprint density at radius 1 is 0.880 bits per heavy atom. The predicted molar refractivity (Wildman–Crippen MR) is 103 cm³/mol. The molecule has 25 heavy (non-hydrogen) atoms. The summed E-state index contributed by atoms with van der Waals surface area (Å²) in [5, 5.41) is 3.66. The molecule has 0 bridgehead atoms. The third-order valence-electron chi connectivity index (χ3n) is 4.51. The van der Waals surface area contributed by atoms with Gasteiger partial charge in [-0.1, -0.05) is 54.6 Å². The van der Waals surface area contributed by atoms with Crippen LogP contribution in [-0.4, -0.2) is 12.8 Å². The molecule has 3 heteroatoms. The molecule has 3 nitrogen and oxygen atoms in total. The monoisotopic (exact) mass is 328 g/mol. The van der Waals surface area contributed by atoms with Gasteiger partial charge in [0.05, 0.1) is 30.2 Å². The van der Waals surface area contributed by atoms with Crippen molar-refractivity contribution >= 4 is 17.1 Å². The van der Waals surface area contributed by atoms with Gasteiger partial charge < -0.3 is 10.1 Å². The van der Waals surface area contributed by atoms with E-state index >= 15 is 0 Å². The summed E-state index contributed by atoms with van der Waals surface area (Å²) >= 11 is 0. The van der Waals surface area contributed by atoms with Gasteiger partial charge in [0.2, 0.25) is 0 Å². The Bertz CT molecular complexity index is 885. The average Bonchev–Trinajstić information content (AvgIpc) is 2.88. The molecule has 1 N–H and O–H groups in total. The van der Waals surface area contributed by atoms with Crippen LogP contribution in [-0.2, 0) is 0 Å². The number of para-hydroxylation sites is 2. The van der Waals surface area contributed by atoms with Crippen LogP contribution in [0.2, 0.25) is 0 Å². The van der Waals surface area contributed by atoms with Crippen molar-refractivity contribution in [3.05, 3.63) is 90.0 Å². The van der Waals surface area contributed by atoms with Gasteiger partial charge in [-0.15, -0.1) is 0 Å². The van der Waals surface area contributed by atoms with Gasteiger partial charge in [0.25, 0.3) is 0 Å². The SMILES string of the molecule is COc1ccc(C2CC(c3ccccc3)=Nc3ccccc3N2)cc1. The van der Waals surface area contributed by atoms with Crippen LogP contribution < -0.4 is 10.1 Å². The largest absolute Gasteiger partial charge is 0.497 e. The molecule has 0 aromatic heterocycles. The molecule has 0 aliphatic carbocycles. The topological polar surface area (TPSA) is 33.6 Å². The number of rotatable bonds is 3. The highest BCUT2D eigenvalue weighted by Crippen LogP contribution is 2.35. The van der Waals surface area contributed by atoms with Crippen molar-refractivity contribution in [3.8, 4) is 5.75 Å². The van der Waals surface area contributed by atoms with Crippen molar-refractivity contribution in [1.82, 2.24) is 0 Å².